The smallest absolute Gasteiger partial charge is 0.356 e. The summed E-state index contributed by atoms with van der Waals surface area (Å²) >= 11 is 3.21. The van der Waals surface area contributed by atoms with Gasteiger partial charge in [0.05, 0.1) is 6.61 Å². The molecular weight excluding hydrogens is 479 g/mol. The molecule has 2 heterocycles. The van der Waals surface area contributed by atoms with Crippen molar-refractivity contribution in [3.8, 4) is 5.88 Å². The summed E-state index contributed by atoms with van der Waals surface area (Å²) < 4.78 is 27.3. The van der Waals surface area contributed by atoms with E-state index in [1.165, 1.54) is 6.07 Å². The fraction of sp³-hybridized carbons (Fsp3) is 0.550. The molecule has 1 aromatic carbocycles. The highest BCUT2D eigenvalue weighted by atomic mass is 79.9. The van der Waals surface area contributed by atoms with Gasteiger partial charge in [-0.3, -0.25) is 4.68 Å². The lowest BCUT2D eigenvalue weighted by Gasteiger charge is -2.43. The van der Waals surface area contributed by atoms with Crippen LogP contribution in [0.4, 0.5) is 4.39 Å². The van der Waals surface area contributed by atoms with Crippen molar-refractivity contribution in [3.63, 3.8) is 0 Å². The number of nitrogens with zero attached hydrogens (tertiary/aromatic N) is 2. The van der Waals surface area contributed by atoms with Gasteiger partial charge < -0.3 is 35.0 Å². The first-order valence-corrected chi connectivity index (χ1v) is 10.5. The van der Waals surface area contributed by atoms with Crippen LogP contribution < -0.4 is 4.74 Å². The van der Waals surface area contributed by atoms with E-state index in [2.05, 4.69) is 21.0 Å². The molecule has 11 heteroatoms. The fourth-order valence-electron chi connectivity index (χ4n) is 3.52. The minimum Gasteiger partial charge on any atom is -0.417 e. The normalized spacial score (nSPS) is 28.9. The van der Waals surface area contributed by atoms with Gasteiger partial charge in [0.15, 0.2) is 6.10 Å². The van der Waals surface area contributed by atoms with E-state index in [0.717, 1.165) is 0 Å². The molecule has 0 saturated carbocycles. The van der Waals surface area contributed by atoms with Crippen LogP contribution in [0.15, 0.2) is 22.7 Å². The first-order valence-electron chi connectivity index (χ1n) is 9.74. The Morgan fingerprint density at radius 1 is 1.29 bits per heavy atom. The number of aliphatic hydroxyl groups is 5. The number of aromatic nitrogens is 2. The van der Waals surface area contributed by atoms with Crippen molar-refractivity contribution in [1.82, 2.24) is 9.78 Å². The Kier molecular flexibility index (Phi) is 7.06. The molecule has 0 aliphatic carbocycles. The van der Waals surface area contributed by atoms with E-state index < -0.39 is 42.8 Å². The van der Waals surface area contributed by atoms with Gasteiger partial charge in [0, 0.05) is 28.2 Å². The van der Waals surface area contributed by atoms with E-state index in [1.54, 1.807) is 23.7 Å². The maximum Gasteiger partial charge on any atom is 0.356 e. The summed E-state index contributed by atoms with van der Waals surface area (Å²) in [6.07, 6.45) is -6.91. The summed E-state index contributed by atoms with van der Waals surface area (Å²) in [5.41, 5.74) is 1.42. The highest BCUT2D eigenvalue weighted by Crippen LogP contribution is 2.35. The van der Waals surface area contributed by atoms with Crippen LogP contribution in [0.3, 0.4) is 0 Å². The molecule has 9 nitrogen and oxygen atoms in total. The Balaban J connectivity index is 2.01. The number of ether oxygens (including phenoxy) is 2. The first-order chi connectivity index (χ1) is 14.5. The summed E-state index contributed by atoms with van der Waals surface area (Å²) in [5, 5.41) is 54.8. The second-order valence-corrected chi connectivity index (χ2v) is 8.73. The van der Waals surface area contributed by atoms with Gasteiger partial charge in [0.25, 0.3) is 0 Å². The van der Waals surface area contributed by atoms with Crippen molar-refractivity contribution in [2.45, 2.75) is 63.6 Å². The van der Waals surface area contributed by atoms with E-state index in [1.807, 2.05) is 13.8 Å². The van der Waals surface area contributed by atoms with Crippen LogP contribution in [0, 0.1) is 12.7 Å². The minimum absolute atomic E-state index is 0.0633. The molecule has 0 radical (unpaired) electrons. The Hall–Kier alpha value is -1.60. The molecule has 3 rings (SSSR count). The Morgan fingerprint density at radius 3 is 2.55 bits per heavy atom. The van der Waals surface area contributed by atoms with Gasteiger partial charge in [-0.05, 0) is 38.5 Å². The van der Waals surface area contributed by atoms with Crippen LogP contribution in [0.2, 0.25) is 0 Å². The molecule has 1 unspecified atom stereocenters. The second kappa shape index (κ2) is 9.10. The van der Waals surface area contributed by atoms with Crippen LogP contribution in [0.5, 0.6) is 5.88 Å². The van der Waals surface area contributed by atoms with Crippen molar-refractivity contribution in [2.75, 3.05) is 6.61 Å². The predicted molar refractivity (Wildman–Crippen MR) is 110 cm³/mol. The van der Waals surface area contributed by atoms with E-state index in [9.17, 15) is 29.9 Å². The van der Waals surface area contributed by atoms with Gasteiger partial charge in [-0.15, -0.1) is 5.10 Å². The zero-order valence-electron chi connectivity index (χ0n) is 17.2. The highest BCUT2D eigenvalue weighted by Gasteiger charge is 2.55. The fourth-order valence-corrected chi connectivity index (χ4v) is 3.85. The Labute approximate surface area is 186 Å². The molecular formula is C20H26BrFN2O7. The monoisotopic (exact) mass is 504 g/mol. The van der Waals surface area contributed by atoms with E-state index in [0.29, 0.717) is 21.3 Å². The molecule has 2 aromatic rings. The standard InChI is InChI=1S/C20H26BrFN2O7/c1-9(2)24-10(3)13(6-11-4-5-12(21)7-14(11)22)19(23-24)31-20(29)18(28)17(27)16(26)15(8-25)30-20/h4-5,7,9,15-18,25-29H,6,8H2,1-3H3/t15-,16-,17-,18-,20?/m1/s1. The molecule has 0 amide bonds. The molecule has 1 aliphatic heterocycles. The zero-order valence-corrected chi connectivity index (χ0v) is 18.8. The molecule has 1 saturated heterocycles. The van der Waals surface area contributed by atoms with Gasteiger partial charge in [0.2, 0.25) is 5.88 Å². The average Bonchev–Trinajstić information content (AvgIpc) is 3.01. The Morgan fingerprint density at radius 2 is 1.97 bits per heavy atom. The van der Waals surface area contributed by atoms with E-state index in [-0.39, 0.29) is 18.3 Å². The van der Waals surface area contributed by atoms with Gasteiger partial charge in [-0.25, -0.2) is 4.39 Å². The molecule has 172 valence electrons. The Bertz CT molecular complexity index is 938. The zero-order chi connectivity index (χ0) is 23.1. The topological polar surface area (TPSA) is 137 Å². The van der Waals surface area contributed by atoms with E-state index in [4.69, 9.17) is 9.47 Å². The summed E-state index contributed by atoms with van der Waals surface area (Å²) in [5.74, 6) is -3.40. The molecule has 1 aromatic heterocycles. The largest absolute Gasteiger partial charge is 0.417 e. The van der Waals surface area contributed by atoms with Crippen LogP contribution in [-0.2, 0) is 11.2 Å². The number of benzene rings is 1. The molecule has 31 heavy (non-hydrogen) atoms. The first kappa shape index (κ1) is 24.1. The van der Waals surface area contributed by atoms with Crippen molar-refractivity contribution in [2.24, 2.45) is 0 Å². The van der Waals surface area contributed by atoms with Crippen molar-refractivity contribution >= 4 is 15.9 Å². The summed E-state index contributed by atoms with van der Waals surface area (Å²) in [6, 6.07) is 4.50. The average molecular weight is 505 g/mol. The number of halogens is 2. The third kappa shape index (κ3) is 4.63. The highest BCUT2D eigenvalue weighted by molar-refractivity contribution is 9.10. The van der Waals surface area contributed by atoms with Crippen LogP contribution >= 0.6 is 15.9 Å². The maximum atomic E-state index is 14.5. The van der Waals surface area contributed by atoms with Crippen LogP contribution in [-0.4, -0.2) is 72.3 Å². The van der Waals surface area contributed by atoms with Crippen LogP contribution in [0.1, 0.15) is 36.7 Å². The summed E-state index contributed by atoms with van der Waals surface area (Å²) in [7, 11) is 0. The number of aliphatic hydroxyl groups excluding tert-OH is 4. The molecule has 5 atom stereocenters. The maximum absolute atomic E-state index is 14.5. The summed E-state index contributed by atoms with van der Waals surface area (Å²) in [6.45, 7) is 4.75. The molecule has 1 fully saturated rings. The van der Waals surface area contributed by atoms with Crippen molar-refractivity contribution < 1.29 is 39.4 Å². The van der Waals surface area contributed by atoms with Gasteiger partial charge in [-0.2, -0.15) is 0 Å². The third-order valence-corrected chi connectivity index (χ3v) is 5.77. The van der Waals surface area contributed by atoms with Crippen molar-refractivity contribution in [3.05, 3.63) is 45.3 Å². The molecule has 5 N–H and O–H groups in total. The van der Waals surface area contributed by atoms with E-state index >= 15 is 0 Å². The minimum atomic E-state index is -2.80. The number of rotatable bonds is 6. The molecule has 0 spiro atoms. The summed E-state index contributed by atoms with van der Waals surface area (Å²) in [4.78, 5) is 0. The van der Waals surface area contributed by atoms with Crippen molar-refractivity contribution in [1.29, 1.82) is 0 Å². The second-order valence-electron chi connectivity index (χ2n) is 7.82. The van der Waals surface area contributed by atoms with Crippen LogP contribution in [0.25, 0.3) is 0 Å². The van der Waals surface area contributed by atoms with Gasteiger partial charge in [-0.1, -0.05) is 22.0 Å². The number of hydrogen-bond acceptors (Lipinski definition) is 8. The lowest BCUT2D eigenvalue weighted by molar-refractivity contribution is -0.423. The van der Waals surface area contributed by atoms with Gasteiger partial charge in [0.1, 0.15) is 24.1 Å². The SMILES string of the molecule is Cc1c(Cc2ccc(Br)cc2F)c(OC2(O)O[C@H](CO)[C@@H](O)[C@@H](O)[C@H]2O)nn1C(C)C. The van der Waals surface area contributed by atoms with Gasteiger partial charge >= 0.3 is 5.97 Å². The third-order valence-electron chi connectivity index (χ3n) is 5.28. The lowest BCUT2D eigenvalue weighted by Crippen LogP contribution is -2.67. The molecule has 0 bridgehead atoms. The predicted octanol–water partition coefficient (Wildman–Crippen LogP) is 0.764. The number of hydrogen-bond donors (Lipinski definition) is 5. The molecule has 1 aliphatic rings. The quantitative estimate of drug-likeness (QED) is 0.363. The lowest BCUT2D eigenvalue weighted by atomic mass is 9.98.